The van der Waals surface area contributed by atoms with Gasteiger partial charge in [-0.1, -0.05) is 43.8 Å². The summed E-state index contributed by atoms with van der Waals surface area (Å²) in [6.45, 7) is 5.43. The number of carboxylic acids is 1. The summed E-state index contributed by atoms with van der Waals surface area (Å²) in [5, 5.41) is 8.73. The highest BCUT2D eigenvalue weighted by Gasteiger charge is 2.13. The predicted octanol–water partition coefficient (Wildman–Crippen LogP) is 2.51. The maximum atomic E-state index is 10.6. The van der Waals surface area contributed by atoms with Crippen LogP contribution in [0.1, 0.15) is 12.5 Å². The van der Waals surface area contributed by atoms with Crippen LogP contribution >= 0.6 is 0 Å². The highest BCUT2D eigenvalue weighted by atomic mass is 16.4. The quantitative estimate of drug-likeness (QED) is 0.741. The monoisotopic (exact) mass is 190 g/mol. The van der Waals surface area contributed by atoms with Crippen molar-refractivity contribution in [3.05, 3.63) is 48.0 Å². The third-order valence-electron chi connectivity index (χ3n) is 2.25. The molecule has 0 aliphatic carbocycles. The SMILES string of the molecule is C=C(C(=O)O)C(C)Cc1ccccc1. The van der Waals surface area contributed by atoms with Crippen LogP contribution in [-0.4, -0.2) is 11.1 Å². The van der Waals surface area contributed by atoms with E-state index in [0.29, 0.717) is 0 Å². The summed E-state index contributed by atoms with van der Waals surface area (Å²) in [6.07, 6.45) is 0.728. The second kappa shape index (κ2) is 4.61. The van der Waals surface area contributed by atoms with Gasteiger partial charge in [0.05, 0.1) is 0 Å². The molecule has 1 N–H and O–H groups in total. The van der Waals surface area contributed by atoms with Crippen molar-refractivity contribution in [2.75, 3.05) is 0 Å². The van der Waals surface area contributed by atoms with Gasteiger partial charge < -0.3 is 5.11 Å². The molecule has 1 aromatic rings. The summed E-state index contributed by atoms with van der Waals surface area (Å²) in [5.74, 6) is -0.927. The molecule has 14 heavy (non-hydrogen) atoms. The van der Waals surface area contributed by atoms with Crippen LogP contribution < -0.4 is 0 Å². The van der Waals surface area contributed by atoms with Gasteiger partial charge in [-0.05, 0) is 17.9 Å². The standard InChI is InChI=1S/C12H14O2/c1-9(10(2)12(13)14)8-11-6-4-3-5-7-11/h3-7,9H,2,8H2,1H3,(H,13,14). The van der Waals surface area contributed by atoms with Gasteiger partial charge in [-0.2, -0.15) is 0 Å². The Morgan fingerprint density at radius 2 is 2.00 bits per heavy atom. The molecule has 0 fully saturated rings. The van der Waals surface area contributed by atoms with E-state index >= 15 is 0 Å². The first-order valence-corrected chi connectivity index (χ1v) is 4.57. The van der Waals surface area contributed by atoms with Crippen molar-refractivity contribution in [3.8, 4) is 0 Å². The van der Waals surface area contributed by atoms with E-state index in [-0.39, 0.29) is 11.5 Å². The molecule has 0 spiro atoms. The van der Waals surface area contributed by atoms with Gasteiger partial charge in [0.2, 0.25) is 0 Å². The summed E-state index contributed by atoms with van der Waals surface area (Å²) >= 11 is 0. The highest BCUT2D eigenvalue weighted by molar-refractivity contribution is 5.86. The number of carbonyl (C=O) groups is 1. The molecule has 0 aromatic heterocycles. The minimum Gasteiger partial charge on any atom is -0.478 e. The number of aliphatic carboxylic acids is 1. The first kappa shape index (κ1) is 10.5. The summed E-state index contributed by atoms with van der Waals surface area (Å²) in [4.78, 5) is 10.6. The Kier molecular flexibility index (Phi) is 3.46. The van der Waals surface area contributed by atoms with Crippen molar-refractivity contribution in [1.29, 1.82) is 0 Å². The van der Waals surface area contributed by atoms with E-state index in [9.17, 15) is 4.79 Å². The van der Waals surface area contributed by atoms with E-state index in [0.717, 1.165) is 12.0 Å². The molecular weight excluding hydrogens is 176 g/mol. The molecule has 0 aliphatic heterocycles. The highest BCUT2D eigenvalue weighted by Crippen LogP contribution is 2.15. The lowest BCUT2D eigenvalue weighted by molar-refractivity contribution is -0.133. The molecule has 0 radical (unpaired) electrons. The van der Waals surface area contributed by atoms with Gasteiger partial charge in [0.15, 0.2) is 0 Å². The number of benzene rings is 1. The van der Waals surface area contributed by atoms with Crippen molar-refractivity contribution in [3.63, 3.8) is 0 Å². The van der Waals surface area contributed by atoms with E-state index in [1.54, 1.807) is 0 Å². The molecule has 0 amide bonds. The van der Waals surface area contributed by atoms with Crippen LogP contribution in [0.2, 0.25) is 0 Å². The zero-order chi connectivity index (χ0) is 10.6. The first-order valence-electron chi connectivity index (χ1n) is 4.57. The Morgan fingerprint density at radius 3 is 2.50 bits per heavy atom. The fourth-order valence-electron chi connectivity index (χ4n) is 1.30. The van der Waals surface area contributed by atoms with Crippen molar-refractivity contribution in [2.45, 2.75) is 13.3 Å². The fourth-order valence-corrected chi connectivity index (χ4v) is 1.30. The maximum Gasteiger partial charge on any atom is 0.331 e. The molecule has 0 saturated heterocycles. The average molecular weight is 190 g/mol. The van der Waals surface area contributed by atoms with Crippen LogP contribution in [-0.2, 0) is 11.2 Å². The predicted molar refractivity (Wildman–Crippen MR) is 56.1 cm³/mol. The van der Waals surface area contributed by atoms with Crippen molar-refractivity contribution in [1.82, 2.24) is 0 Å². The van der Waals surface area contributed by atoms with Gasteiger partial charge >= 0.3 is 5.97 Å². The molecule has 74 valence electrons. The van der Waals surface area contributed by atoms with Crippen LogP contribution in [0.25, 0.3) is 0 Å². The Balaban J connectivity index is 2.62. The Morgan fingerprint density at radius 1 is 1.43 bits per heavy atom. The van der Waals surface area contributed by atoms with Gasteiger partial charge in [-0.3, -0.25) is 0 Å². The molecule has 1 unspecified atom stereocenters. The fraction of sp³-hybridized carbons (Fsp3) is 0.250. The van der Waals surface area contributed by atoms with Gasteiger partial charge in [0, 0.05) is 5.57 Å². The zero-order valence-electron chi connectivity index (χ0n) is 8.23. The van der Waals surface area contributed by atoms with Gasteiger partial charge in [-0.15, -0.1) is 0 Å². The molecule has 0 aliphatic rings. The van der Waals surface area contributed by atoms with E-state index in [1.165, 1.54) is 0 Å². The lowest BCUT2D eigenvalue weighted by atomic mass is 9.95. The molecule has 0 saturated carbocycles. The van der Waals surface area contributed by atoms with Crippen molar-refractivity contribution in [2.24, 2.45) is 5.92 Å². The molecule has 0 heterocycles. The molecule has 2 nitrogen and oxygen atoms in total. The number of hydrogen-bond donors (Lipinski definition) is 1. The first-order chi connectivity index (χ1) is 6.61. The minimum atomic E-state index is -0.909. The van der Waals surface area contributed by atoms with Crippen LogP contribution in [0.5, 0.6) is 0 Å². The third kappa shape index (κ3) is 2.73. The minimum absolute atomic E-state index is 0.0186. The molecule has 1 aromatic carbocycles. The summed E-state index contributed by atoms with van der Waals surface area (Å²) < 4.78 is 0. The Bertz CT molecular complexity index is 327. The largest absolute Gasteiger partial charge is 0.478 e. The normalized spacial score (nSPS) is 12.1. The number of hydrogen-bond acceptors (Lipinski definition) is 1. The van der Waals surface area contributed by atoms with E-state index < -0.39 is 5.97 Å². The Labute approximate surface area is 83.9 Å². The van der Waals surface area contributed by atoms with Crippen LogP contribution in [0, 0.1) is 5.92 Å². The number of carboxylic acid groups (broad SMARTS) is 1. The van der Waals surface area contributed by atoms with E-state index in [1.807, 2.05) is 37.3 Å². The lowest BCUT2D eigenvalue weighted by Crippen LogP contribution is -2.10. The van der Waals surface area contributed by atoms with E-state index in [4.69, 9.17) is 5.11 Å². The molecular formula is C12H14O2. The summed E-state index contributed by atoms with van der Waals surface area (Å²) in [6, 6.07) is 9.83. The van der Waals surface area contributed by atoms with Crippen LogP contribution in [0.4, 0.5) is 0 Å². The third-order valence-corrected chi connectivity index (χ3v) is 2.25. The van der Waals surface area contributed by atoms with Crippen LogP contribution in [0.3, 0.4) is 0 Å². The average Bonchev–Trinajstić information content (AvgIpc) is 2.18. The summed E-state index contributed by atoms with van der Waals surface area (Å²) in [5.41, 5.74) is 1.41. The maximum absolute atomic E-state index is 10.6. The molecule has 1 atom stereocenters. The summed E-state index contributed by atoms with van der Waals surface area (Å²) in [7, 11) is 0. The molecule has 0 bridgehead atoms. The van der Waals surface area contributed by atoms with Crippen molar-refractivity contribution >= 4 is 5.97 Å². The molecule has 2 heteroatoms. The topological polar surface area (TPSA) is 37.3 Å². The molecule has 1 rings (SSSR count). The zero-order valence-corrected chi connectivity index (χ0v) is 8.23. The van der Waals surface area contributed by atoms with E-state index in [2.05, 4.69) is 6.58 Å². The van der Waals surface area contributed by atoms with Crippen molar-refractivity contribution < 1.29 is 9.90 Å². The van der Waals surface area contributed by atoms with Gasteiger partial charge in [0.1, 0.15) is 0 Å². The van der Waals surface area contributed by atoms with Gasteiger partial charge in [-0.25, -0.2) is 4.79 Å². The second-order valence-corrected chi connectivity index (χ2v) is 3.42. The Hall–Kier alpha value is -1.57. The number of rotatable bonds is 4. The van der Waals surface area contributed by atoms with Crippen LogP contribution in [0.15, 0.2) is 42.5 Å². The smallest absolute Gasteiger partial charge is 0.331 e. The van der Waals surface area contributed by atoms with Gasteiger partial charge in [0.25, 0.3) is 0 Å². The lowest BCUT2D eigenvalue weighted by Gasteiger charge is -2.10. The second-order valence-electron chi connectivity index (χ2n) is 3.42.